The van der Waals surface area contributed by atoms with Crippen molar-refractivity contribution in [3.8, 4) is 0 Å². The predicted octanol–water partition coefficient (Wildman–Crippen LogP) is 5.21. The molecule has 0 radical (unpaired) electrons. The Kier molecular flexibility index (Phi) is 5.78. The van der Waals surface area contributed by atoms with E-state index in [9.17, 15) is 9.18 Å². The maximum atomic E-state index is 13.9. The zero-order valence-electron chi connectivity index (χ0n) is 10.3. The highest BCUT2D eigenvalue weighted by atomic mass is 79.9. The molecule has 0 amide bonds. The van der Waals surface area contributed by atoms with E-state index in [1.165, 1.54) is 22.7 Å². The van der Waals surface area contributed by atoms with Gasteiger partial charge in [0.05, 0.1) is 6.61 Å². The lowest BCUT2D eigenvalue weighted by atomic mass is 10.2. The number of esters is 1. The Labute approximate surface area is 127 Å². The summed E-state index contributed by atoms with van der Waals surface area (Å²) in [5.41, 5.74) is 0. The largest absolute Gasteiger partial charge is 0.461 e. The van der Waals surface area contributed by atoms with Crippen molar-refractivity contribution in [3.05, 3.63) is 21.5 Å². The average Bonchev–Trinajstić information content (AvgIpc) is 2.97. The number of unbranched alkanes of at least 4 members (excludes halogenated alkanes) is 3. The number of rotatable bonds is 7. The molecule has 104 valence electrons. The van der Waals surface area contributed by atoms with Crippen molar-refractivity contribution in [1.82, 2.24) is 0 Å². The highest BCUT2D eigenvalue weighted by Crippen LogP contribution is 2.33. The summed E-state index contributed by atoms with van der Waals surface area (Å²) in [5.74, 6) is -0.977. The lowest BCUT2D eigenvalue weighted by Crippen LogP contribution is -2.06. The van der Waals surface area contributed by atoms with Crippen molar-refractivity contribution in [2.75, 3.05) is 11.9 Å². The number of hydrogen-bond donors (Lipinski definition) is 0. The normalized spacial score (nSPS) is 11.1. The van der Waals surface area contributed by atoms with Gasteiger partial charge in [0.15, 0.2) is 5.82 Å². The monoisotopic (exact) mass is 364 g/mol. The second-order valence-electron chi connectivity index (χ2n) is 4.13. The Balaban J connectivity index is 1.83. The number of alkyl halides is 1. The molecule has 19 heavy (non-hydrogen) atoms. The molecule has 0 bridgehead atoms. The van der Waals surface area contributed by atoms with Crippen molar-refractivity contribution < 1.29 is 13.9 Å². The van der Waals surface area contributed by atoms with Crippen LogP contribution in [0.25, 0.3) is 10.1 Å². The van der Waals surface area contributed by atoms with Crippen LogP contribution in [0.5, 0.6) is 0 Å². The topological polar surface area (TPSA) is 26.3 Å². The summed E-state index contributed by atoms with van der Waals surface area (Å²) >= 11 is 5.97. The van der Waals surface area contributed by atoms with Crippen LogP contribution in [0.3, 0.4) is 0 Å². The summed E-state index contributed by atoms with van der Waals surface area (Å²) < 4.78 is 19.8. The predicted molar refractivity (Wildman–Crippen MR) is 82.2 cm³/mol. The van der Waals surface area contributed by atoms with Crippen LogP contribution in [0.15, 0.2) is 10.8 Å². The second kappa shape index (κ2) is 7.36. The van der Waals surface area contributed by atoms with Crippen LogP contribution in [0.2, 0.25) is 0 Å². The van der Waals surface area contributed by atoms with Gasteiger partial charge in [-0.05, 0) is 12.8 Å². The van der Waals surface area contributed by atoms with Gasteiger partial charge in [0, 0.05) is 26.2 Å². The van der Waals surface area contributed by atoms with Gasteiger partial charge in [-0.15, -0.1) is 11.3 Å². The number of thiophene rings is 2. The summed E-state index contributed by atoms with van der Waals surface area (Å²) in [6, 6.07) is 0. The zero-order valence-corrected chi connectivity index (χ0v) is 13.5. The molecule has 0 fully saturated rings. The van der Waals surface area contributed by atoms with Gasteiger partial charge in [-0.2, -0.15) is 11.3 Å². The number of ether oxygens (including phenoxy) is 1. The van der Waals surface area contributed by atoms with Gasteiger partial charge in [0.2, 0.25) is 0 Å². The van der Waals surface area contributed by atoms with E-state index in [4.69, 9.17) is 4.74 Å². The van der Waals surface area contributed by atoms with Gasteiger partial charge < -0.3 is 4.74 Å². The van der Waals surface area contributed by atoms with E-state index in [0.29, 0.717) is 12.0 Å². The van der Waals surface area contributed by atoms with E-state index < -0.39 is 11.8 Å². The molecule has 2 aromatic heterocycles. The van der Waals surface area contributed by atoms with Gasteiger partial charge in [0.1, 0.15) is 4.88 Å². The van der Waals surface area contributed by atoms with E-state index >= 15 is 0 Å². The molecule has 0 aromatic carbocycles. The number of fused-ring (bicyclic) bond motifs is 1. The van der Waals surface area contributed by atoms with Crippen LogP contribution >= 0.6 is 38.6 Å². The number of hydrogen-bond acceptors (Lipinski definition) is 4. The molecule has 0 spiro atoms. The minimum atomic E-state index is -0.538. The summed E-state index contributed by atoms with van der Waals surface area (Å²) in [6.45, 7) is 0.366. The molecule has 0 saturated heterocycles. The quantitative estimate of drug-likeness (QED) is 0.382. The van der Waals surface area contributed by atoms with Crippen molar-refractivity contribution in [2.24, 2.45) is 0 Å². The molecule has 2 heterocycles. The molecule has 0 unspecified atom stereocenters. The van der Waals surface area contributed by atoms with Crippen LogP contribution in [-0.4, -0.2) is 17.9 Å². The van der Waals surface area contributed by atoms with Crippen molar-refractivity contribution >= 4 is 54.7 Å². The Hall–Kier alpha value is -0.460. The third-order valence-corrected chi connectivity index (χ3v) is 5.28. The fourth-order valence-electron chi connectivity index (χ4n) is 1.71. The first-order valence-electron chi connectivity index (χ1n) is 6.11. The Morgan fingerprint density at radius 3 is 2.79 bits per heavy atom. The van der Waals surface area contributed by atoms with Gasteiger partial charge in [-0.3, -0.25) is 0 Å². The fraction of sp³-hybridized carbons (Fsp3) is 0.462. The summed E-state index contributed by atoms with van der Waals surface area (Å²) in [4.78, 5) is 11.9. The first-order chi connectivity index (χ1) is 9.24. The van der Waals surface area contributed by atoms with Gasteiger partial charge in [-0.25, -0.2) is 9.18 Å². The van der Waals surface area contributed by atoms with Crippen LogP contribution < -0.4 is 0 Å². The SMILES string of the molecule is O=C(OCCCCCCBr)c1sc2cscc2c1F. The van der Waals surface area contributed by atoms with Crippen molar-refractivity contribution in [1.29, 1.82) is 0 Å². The Bertz CT molecular complexity index is 550. The van der Waals surface area contributed by atoms with Crippen LogP contribution in [0.1, 0.15) is 35.4 Å². The molecule has 2 rings (SSSR count). The molecule has 0 aliphatic heterocycles. The van der Waals surface area contributed by atoms with Crippen molar-refractivity contribution in [2.45, 2.75) is 25.7 Å². The highest BCUT2D eigenvalue weighted by molar-refractivity contribution is 9.09. The van der Waals surface area contributed by atoms with Gasteiger partial charge in [0.25, 0.3) is 0 Å². The van der Waals surface area contributed by atoms with E-state index in [-0.39, 0.29) is 4.88 Å². The summed E-state index contributed by atoms with van der Waals surface area (Å²) in [7, 11) is 0. The first-order valence-corrected chi connectivity index (χ1v) is 8.99. The first kappa shape index (κ1) is 14.9. The lowest BCUT2D eigenvalue weighted by Gasteiger charge is -2.03. The molecule has 2 aromatic rings. The van der Waals surface area contributed by atoms with E-state index in [1.54, 1.807) is 5.38 Å². The third-order valence-electron chi connectivity index (χ3n) is 2.72. The van der Waals surface area contributed by atoms with Crippen LogP contribution in [0, 0.1) is 5.82 Å². The summed E-state index contributed by atoms with van der Waals surface area (Å²) in [6.07, 6.45) is 4.11. The number of halogens is 2. The summed E-state index contributed by atoms with van der Waals surface area (Å²) in [5, 5.41) is 5.10. The van der Waals surface area contributed by atoms with Gasteiger partial charge in [-0.1, -0.05) is 28.8 Å². The van der Waals surface area contributed by atoms with E-state index in [0.717, 1.165) is 35.7 Å². The van der Waals surface area contributed by atoms with E-state index in [1.807, 2.05) is 5.38 Å². The minimum absolute atomic E-state index is 0.0956. The highest BCUT2D eigenvalue weighted by Gasteiger charge is 2.20. The zero-order chi connectivity index (χ0) is 13.7. The second-order valence-corrected chi connectivity index (χ2v) is 6.72. The standard InChI is InChI=1S/C13H14BrFO2S2/c14-5-3-1-2-4-6-17-13(16)12-11(15)9-7-18-8-10(9)19-12/h7-8H,1-6H2. The molecular weight excluding hydrogens is 351 g/mol. The van der Waals surface area contributed by atoms with E-state index in [2.05, 4.69) is 15.9 Å². The molecule has 2 nitrogen and oxygen atoms in total. The molecule has 0 N–H and O–H groups in total. The Morgan fingerprint density at radius 2 is 2.05 bits per heavy atom. The molecule has 0 aliphatic rings. The molecule has 0 aliphatic carbocycles. The van der Waals surface area contributed by atoms with Crippen LogP contribution in [0.4, 0.5) is 4.39 Å². The maximum absolute atomic E-state index is 13.9. The molecule has 0 atom stereocenters. The third kappa shape index (κ3) is 3.77. The number of carbonyl (C=O) groups is 1. The smallest absolute Gasteiger partial charge is 0.351 e. The lowest BCUT2D eigenvalue weighted by molar-refractivity contribution is 0.0499. The van der Waals surface area contributed by atoms with Crippen molar-refractivity contribution in [3.63, 3.8) is 0 Å². The van der Waals surface area contributed by atoms with Crippen LogP contribution in [-0.2, 0) is 4.74 Å². The minimum Gasteiger partial charge on any atom is -0.461 e. The average molecular weight is 365 g/mol. The maximum Gasteiger partial charge on any atom is 0.351 e. The fourth-order valence-corrected chi connectivity index (χ4v) is 4.05. The molecule has 6 heteroatoms. The molecule has 0 saturated carbocycles. The number of carbonyl (C=O) groups excluding carboxylic acids is 1. The molecular formula is C13H14BrFO2S2. The Morgan fingerprint density at radius 1 is 1.26 bits per heavy atom. The van der Waals surface area contributed by atoms with Gasteiger partial charge >= 0.3 is 5.97 Å².